The molecule has 4 atom stereocenters. The Bertz CT molecular complexity index is 1240. The normalized spacial score (nSPS) is 25.3. The van der Waals surface area contributed by atoms with E-state index >= 15 is 0 Å². The van der Waals surface area contributed by atoms with E-state index in [1.165, 1.54) is 10.9 Å². The summed E-state index contributed by atoms with van der Waals surface area (Å²) >= 11 is 0. The molecule has 0 spiro atoms. The van der Waals surface area contributed by atoms with Crippen LogP contribution in [0, 0.1) is 29.3 Å². The fraction of sp³-hybridized carbons (Fsp3) is 0.409. The van der Waals surface area contributed by atoms with E-state index in [0.717, 1.165) is 6.42 Å². The number of hydrogen-bond acceptors (Lipinski definition) is 5. The number of nitrogens with zero attached hydrogens (tertiary/aromatic N) is 3. The van der Waals surface area contributed by atoms with Gasteiger partial charge in [-0.05, 0) is 32.1 Å². The first-order valence-corrected chi connectivity index (χ1v) is 10.6. The predicted octanol–water partition coefficient (Wildman–Crippen LogP) is 1.68. The summed E-state index contributed by atoms with van der Waals surface area (Å²) in [5, 5.41) is 14.6. The smallest absolute Gasteiger partial charge is 0.278 e. The maximum atomic E-state index is 13.9. The van der Waals surface area contributed by atoms with Crippen LogP contribution in [0.2, 0.25) is 0 Å². The molecule has 3 aliphatic rings. The van der Waals surface area contributed by atoms with Gasteiger partial charge < -0.3 is 15.3 Å². The molecule has 2 aromatic rings. The number of rotatable bonds is 3. The number of pyridine rings is 1. The fourth-order valence-corrected chi connectivity index (χ4v) is 5.02. The lowest BCUT2D eigenvalue weighted by molar-refractivity contribution is 0.0605. The molecule has 5 rings (SSSR count). The van der Waals surface area contributed by atoms with Crippen molar-refractivity contribution in [1.29, 1.82) is 0 Å². The van der Waals surface area contributed by atoms with Crippen LogP contribution >= 0.6 is 0 Å². The minimum absolute atomic E-state index is 0.0190. The Morgan fingerprint density at radius 1 is 1.12 bits per heavy atom. The van der Waals surface area contributed by atoms with Crippen LogP contribution in [-0.4, -0.2) is 45.2 Å². The Morgan fingerprint density at radius 3 is 2.42 bits per heavy atom. The number of fused-ring (bicyclic) bond motifs is 5. The third-order valence-electron chi connectivity index (χ3n) is 7.07. The number of aromatic hydroxyl groups is 1. The summed E-state index contributed by atoms with van der Waals surface area (Å²) in [5.41, 5.74) is -2.36. The van der Waals surface area contributed by atoms with E-state index in [1.54, 1.807) is 4.90 Å². The quantitative estimate of drug-likeness (QED) is 0.724. The van der Waals surface area contributed by atoms with E-state index in [-0.39, 0.29) is 24.4 Å². The van der Waals surface area contributed by atoms with Gasteiger partial charge in [-0.1, -0.05) is 0 Å². The maximum absolute atomic E-state index is 13.9. The molecule has 0 radical (unpaired) electrons. The second-order valence-corrected chi connectivity index (χ2v) is 8.84. The van der Waals surface area contributed by atoms with Gasteiger partial charge in [0, 0.05) is 42.5 Å². The zero-order valence-electron chi connectivity index (χ0n) is 17.8. The summed E-state index contributed by atoms with van der Waals surface area (Å²) in [6.07, 6.45) is 2.12. The molecule has 1 aromatic heterocycles. The molecule has 2 N–H and O–H groups in total. The van der Waals surface area contributed by atoms with Gasteiger partial charge in [0.15, 0.2) is 11.4 Å². The Labute approximate surface area is 186 Å². The average molecular weight is 462 g/mol. The van der Waals surface area contributed by atoms with Crippen molar-refractivity contribution in [3.63, 3.8) is 0 Å². The molecule has 1 aromatic carbocycles. The van der Waals surface area contributed by atoms with E-state index in [4.69, 9.17) is 0 Å². The Morgan fingerprint density at radius 2 is 1.76 bits per heavy atom. The van der Waals surface area contributed by atoms with Crippen LogP contribution in [0.25, 0.3) is 0 Å². The van der Waals surface area contributed by atoms with Gasteiger partial charge in [0.05, 0.1) is 0 Å². The van der Waals surface area contributed by atoms with Crippen LogP contribution in [0.5, 0.6) is 5.75 Å². The summed E-state index contributed by atoms with van der Waals surface area (Å²) in [7, 11) is 0. The SMILES string of the molecule is CC1C2C[C@@H]2[C@@H](C)N2CN1C(=O)c1c(O)c(=O)c(C(=O)NCc3c(F)cc(F)cc3F)cn12. The van der Waals surface area contributed by atoms with E-state index in [0.29, 0.717) is 24.0 Å². The molecular formula is C22H21F3N4O4. The van der Waals surface area contributed by atoms with Crippen molar-refractivity contribution >= 4 is 11.8 Å². The molecule has 1 saturated carbocycles. The highest BCUT2D eigenvalue weighted by molar-refractivity contribution is 5.99. The van der Waals surface area contributed by atoms with Crippen molar-refractivity contribution in [3.05, 3.63) is 62.8 Å². The highest BCUT2D eigenvalue weighted by Gasteiger charge is 2.54. The maximum Gasteiger partial charge on any atom is 0.278 e. The molecule has 3 heterocycles. The van der Waals surface area contributed by atoms with Gasteiger partial charge >= 0.3 is 0 Å². The minimum Gasteiger partial charge on any atom is -0.502 e. The van der Waals surface area contributed by atoms with E-state index in [2.05, 4.69) is 5.32 Å². The van der Waals surface area contributed by atoms with Gasteiger partial charge in [0.2, 0.25) is 5.43 Å². The molecule has 1 aliphatic carbocycles. The van der Waals surface area contributed by atoms with Crippen molar-refractivity contribution in [3.8, 4) is 5.75 Å². The molecular weight excluding hydrogens is 441 g/mol. The van der Waals surface area contributed by atoms with Crippen LogP contribution in [0.15, 0.2) is 23.1 Å². The number of aromatic nitrogens is 1. The molecule has 11 heteroatoms. The van der Waals surface area contributed by atoms with Crippen molar-refractivity contribution in [2.24, 2.45) is 11.8 Å². The van der Waals surface area contributed by atoms with Crippen LogP contribution < -0.4 is 15.8 Å². The lowest BCUT2D eigenvalue weighted by Crippen LogP contribution is -2.58. The van der Waals surface area contributed by atoms with Crippen LogP contribution in [0.4, 0.5) is 13.2 Å². The summed E-state index contributed by atoms with van der Waals surface area (Å²) < 4.78 is 42.2. The van der Waals surface area contributed by atoms with Gasteiger partial charge in [0.25, 0.3) is 11.8 Å². The summed E-state index contributed by atoms with van der Waals surface area (Å²) in [4.78, 5) is 40.2. The average Bonchev–Trinajstić information content (AvgIpc) is 3.55. The van der Waals surface area contributed by atoms with Gasteiger partial charge in [-0.25, -0.2) is 13.2 Å². The molecule has 2 amide bonds. The zero-order valence-corrected chi connectivity index (χ0v) is 17.8. The first kappa shape index (κ1) is 21.4. The minimum atomic E-state index is -1.19. The van der Waals surface area contributed by atoms with Gasteiger partial charge in [-0.2, -0.15) is 0 Å². The second kappa shape index (κ2) is 7.26. The number of halogens is 3. The topological polar surface area (TPSA) is 94.9 Å². The number of amides is 2. The molecule has 2 aliphatic heterocycles. The lowest BCUT2D eigenvalue weighted by atomic mass is 10.1. The first-order valence-electron chi connectivity index (χ1n) is 10.6. The van der Waals surface area contributed by atoms with Gasteiger partial charge in [-0.15, -0.1) is 0 Å². The highest BCUT2D eigenvalue weighted by atomic mass is 19.1. The van der Waals surface area contributed by atoms with E-state index in [1.807, 2.05) is 18.9 Å². The first-order chi connectivity index (χ1) is 15.6. The van der Waals surface area contributed by atoms with E-state index in [9.17, 15) is 32.7 Å². The Balaban J connectivity index is 1.51. The van der Waals surface area contributed by atoms with Crippen molar-refractivity contribution in [2.75, 3.05) is 11.7 Å². The molecule has 2 fully saturated rings. The number of hydrogen-bond donors (Lipinski definition) is 2. The van der Waals surface area contributed by atoms with Crippen molar-refractivity contribution < 1.29 is 27.9 Å². The van der Waals surface area contributed by atoms with Crippen LogP contribution in [0.3, 0.4) is 0 Å². The van der Waals surface area contributed by atoms with E-state index < -0.39 is 58.1 Å². The Hall–Kier alpha value is -3.50. The Kier molecular flexibility index (Phi) is 4.69. The number of carbonyl (C=O) groups excluding carboxylic acids is 2. The predicted molar refractivity (Wildman–Crippen MR) is 110 cm³/mol. The van der Waals surface area contributed by atoms with Crippen molar-refractivity contribution in [1.82, 2.24) is 14.9 Å². The number of carbonyl (C=O) groups is 2. The standard InChI is InChI=1S/C22H21F3N4O4/c1-9-12-5-13(12)10(2)29-8-27(9)22(33)18-20(31)19(30)15(7-28(18)29)21(32)26-6-14-16(24)3-11(23)4-17(14)25/h3-4,7,9-10,12-13,31H,5-6,8H2,1-2H3,(H,26,32)/t9?,10-,12?,13-/m1/s1. The van der Waals surface area contributed by atoms with Crippen LogP contribution in [-0.2, 0) is 6.54 Å². The highest BCUT2D eigenvalue weighted by Crippen LogP contribution is 2.49. The van der Waals surface area contributed by atoms with Gasteiger partial charge in [-0.3, -0.25) is 24.1 Å². The van der Waals surface area contributed by atoms with Gasteiger partial charge in [0.1, 0.15) is 29.7 Å². The fourth-order valence-electron chi connectivity index (χ4n) is 5.02. The molecule has 174 valence electrons. The van der Waals surface area contributed by atoms with Crippen LogP contribution in [0.1, 0.15) is 46.7 Å². The molecule has 8 nitrogen and oxygen atoms in total. The lowest BCUT2D eigenvalue weighted by Gasteiger charge is -2.43. The monoisotopic (exact) mass is 462 g/mol. The summed E-state index contributed by atoms with van der Waals surface area (Å²) in [5.74, 6) is -5.19. The molecule has 2 unspecified atom stereocenters. The third kappa shape index (κ3) is 3.17. The zero-order chi connectivity index (χ0) is 23.8. The molecule has 2 bridgehead atoms. The van der Waals surface area contributed by atoms with Crippen molar-refractivity contribution in [2.45, 2.75) is 38.9 Å². The number of benzene rings is 1. The molecule has 1 saturated heterocycles. The second-order valence-electron chi connectivity index (χ2n) is 8.84. The number of nitrogens with one attached hydrogen (secondary N) is 1. The summed E-state index contributed by atoms with van der Waals surface area (Å²) in [6.45, 7) is 3.51. The largest absolute Gasteiger partial charge is 0.502 e. The third-order valence-corrected chi connectivity index (χ3v) is 7.07. The summed E-state index contributed by atoms with van der Waals surface area (Å²) in [6, 6.07) is 0.888. The molecule has 33 heavy (non-hydrogen) atoms.